The lowest BCUT2D eigenvalue weighted by Gasteiger charge is -2.30. The van der Waals surface area contributed by atoms with Crippen molar-refractivity contribution in [2.75, 3.05) is 14.2 Å². The first kappa shape index (κ1) is 48.0. The molecule has 0 aliphatic rings. The van der Waals surface area contributed by atoms with Crippen LogP contribution in [0.1, 0.15) is 97.2 Å². The highest BCUT2D eigenvalue weighted by molar-refractivity contribution is 7.43. The molecule has 0 aromatic heterocycles. The molecule has 0 radical (unpaired) electrons. The summed E-state index contributed by atoms with van der Waals surface area (Å²) >= 11 is 0. The van der Waals surface area contributed by atoms with Crippen molar-refractivity contribution in [3.63, 3.8) is 0 Å². The molecular formula is C54H64O8P2. The van der Waals surface area contributed by atoms with Gasteiger partial charge in [-0.3, -0.25) is 0 Å². The molecule has 0 aliphatic carbocycles. The van der Waals surface area contributed by atoms with Crippen molar-refractivity contribution in [1.82, 2.24) is 0 Å². The van der Waals surface area contributed by atoms with Crippen molar-refractivity contribution in [1.29, 1.82) is 0 Å². The van der Waals surface area contributed by atoms with Gasteiger partial charge in [-0.05, 0) is 137 Å². The fourth-order valence-electron chi connectivity index (χ4n) is 7.34. The van der Waals surface area contributed by atoms with E-state index in [2.05, 4.69) is 93.5 Å². The highest BCUT2D eigenvalue weighted by atomic mass is 31.2. The Hall–Kier alpha value is -5.42. The minimum atomic E-state index is -2.13. The maximum Gasteiger partial charge on any atom is 0.530 e. The Kier molecular flexibility index (Phi) is 14.8. The summed E-state index contributed by atoms with van der Waals surface area (Å²) in [6.45, 7) is 29.2. The topological polar surface area (TPSA) is 73.8 Å². The zero-order valence-corrected chi connectivity index (χ0v) is 42.2. The van der Waals surface area contributed by atoms with Gasteiger partial charge in [0.1, 0.15) is 46.0 Å². The molecule has 0 bridgehead atoms. The molecule has 10 heteroatoms. The maximum atomic E-state index is 7.25. The lowest BCUT2D eigenvalue weighted by molar-refractivity contribution is 0.374. The normalized spacial score (nSPS) is 11.7. The smallest absolute Gasteiger partial charge is 0.497 e. The minimum absolute atomic E-state index is 0.448. The van der Waals surface area contributed by atoms with Gasteiger partial charge in [0.05, 0.1) is 14.2 Å². The second-order valence-corrected chi connectivity index (χ2v) is 20.7. The highest BCUT2D eigenvalue weighted by Crippen LogP contribution is 2.56. The number of ether oxygens (including phenoxy) is 2. The van der Waals surface area contributed by atoms with Crippen LogP contribution in [0.3, 0.4) is 0 Å². The number of hydrogen-bond donors (Lipinski definition) is 0. The minimum Gasteiger partial charge on any atom is -0.497 e. The first-order valence-electron chi connectivity index (χ1n) is 21.6. The summed E-state index contributed by atoms with van der Waals surface area (Å²) < 4.78 is 53.8. The zero-order chi connectivity index (χ0) is 46.7. The van der Waals surface area contributed by atoms with E-state index in [1.807, 2.05) is 100 Å². The Balaban J connectivity index is 1.62. The molecule has 0 aliphatic heterocycles. The molecule has 64 heavy (non-hydrogen) atoms. The van der Waals surface area contributed by atoms with E-state index in [4.69, 9.17) is 36.6 Å². The molecule has 0 heterocycles. The second-order valence-electron chi connectivity index (χ2n) is 18.7. The molecule has 0 atom stereocenters. The van der Waals surface area contributed by atoms with E-state index in [9.17, 15) is 0 Å². The quantitative estimate of drug-likeness (QED) is 0.0944. The molecule has 0 saturated heterocycles. The van der Waals surface area contributed by atoms with E-state index in [0.29, 0.717) is 57.1 Å². The van der Waals surface area contributed by atoms with Crippen molar-refractivity contribution in [3.05, 3.63) is 153 Å². The Morgan fingerprint density at radius 2 is 0.609 bits per heavy atom. The van der Waals surface area contributed by atoms with Crippen LogP contribution in [-0.2, 0) is 10.8 Å². The average Bonchev–Trinajstić information content (AvgIpc) is 3.21. The summed E-state index contributed by atoms with van der Waals surface area (Å²) in [5.41, 5.74) is 10.6. The molecule has 0 amide bonds. The van der Waals surface area contributed by atoms with Crippen molar-refractivity contribution in [2.24, 2.45) is 0 Å². The van der Waals surface area contributed by atoms with Crippen molar-refractivity contribution < 1.29 is 36.6 Å². The van der Waals surface area contributed by atoms with Gasteiger partial charge in [0.2, 0.25) is 0 Å². The monoisotopic (exact) mass is 902 g/mol. The third-order valence-corrected chi connectivity index (χ3v) is 12.9. The van der Waals surface area contributed by atoms with Crippen molar-refractivity contribution in [3.8, 4) is 57.1 Å². The number of aryl methyl sites for hydroxylation is 8. The van der Waals surface area contributed by atoms with Crippen LogP contribution < -0.4 is 36.6 Å². The van der Waals surface area contributed by atoms with E-state index >= 15 is 0 Å². The van der Waals surface area contributed by atoms with E-state index < -0.39 is 28.0 Å². The number of benzene rings is 6. The Labute approximate surface area is 384 Å². The van der Waals surface area contributed by atoms with Gasteiger partial charge >= 0.3 is 17.2 Å². The van der Waals surface area contributed by atoms with Crippen LogP contribution in [-0.4, -0.2) is 14.2 Å². The molecular weight excluding hydrogens is 839 g/mol. The lowest BCUT2D eigenvalue weighted by Crippen LogP contribution is -2.17. The third kappa shape index (κ3) is 11.6. The van der Waals surface area contributed by atoms with Gasteiger partial charge in [0.25, 0.3) is 0 Å². The van der Waals surface area contributed by atoms with Gasteiger partial charge in [-0.2, -0.15) is 0 Å². The maximum absolute atomic E-state index is 7.25. The lowest BCUT2D eigenvalue weighted by atomic mass is 9.81. The second kappa shape index (κ2) is 19.8. The van der Waals surface area contributed by atoms with E-state index in [-0.39, 0.29) is 0 Å². The van der Waals surface area contributed by atoms with Gasteiger partial charge in [0.15, 0.2) is 0 Å². The predicted molar refractivity (Wildman–Crippen MR) is 264 cm³/mol. The molecule has 8 nitrogen and oxygen atoms in total. The van der Waals surface area contributed by atoms with E-state index in [1.54, 1.807) is 14.2 Å². The fraction of sp³-hybridized carbons (Fsp3) is 0.333. The molecule has 6 aromatic rings. The number of hydrogen-bond acceptors (Lipinski definition) is 8. The molecule has 6 aromatic carbocycles. The number of rotatable bonds is 15. The van der Waals surface area contributed by atoms with Crippen LogP contribution in [0.25, 0.3) is 11.1 Å². The van der Waals surface area contributed by atoms with Gasteiger partial charge in [-0.1, -0.05) is 112 Å². The largest absolute Gasteiger partial charge is 0.530 e. The van der Waals surface area contributed by atoms with Gasteiger partial charge in [-0.25, -0.2) is 0 Å². The molecule has 6 rings (SSSR count). The summed E-state index contributed by atoms with van der Waals surface area (Å²) in [6.07, 6.45) is 0. The summed E-state index contributed by atoms with van der Waals surface area (Å²) in [5.74, 6) is 4.99. The number of methoxy groups -OCH3 is 2. The van der Waals surface area contributed by atoms with Gasteiger partial charge in [0, 0.05) is 22.3 Å². The molecule has 0 fully saturated rings. The van der Waals surface area contributed by atoms with Crippen molar-refractivity contribution in [2.45, 2.75) is 108 Å². The first-order chi connectivity index (χ1) is 30.1. The summed E-state index contributed by atoms with van der Waals surface area (Å²) in [5, 5.41) is 0. The highest BCUT2D eigenvalue weighted by Gasteiger charge is 2.35. The fourth-order valence-corrected chi connectivity index (χ4v) is 9.72. The molecule has 338 valence electrons. The van der Waals surface area contributed by atoms with Crippen LogP contribution in [0, 0.1) is 55.4 Å². The van der Waals surface area contributed by atoms with Gasteiger partial charge in [-0.15, -0.1) is 0 Å². The van der Waals surface area contributed by atoms with Crippen LogP contribution >= 0.6 is 17.2 Å². The summed E-state index contributed by atoms with van der Waals surface area (Å²) in [4.78, 5) is 0. The molecule has 0 saturated carbocycles. The summed E-state index contributed by atoms with van der Waals surface area (Å²) in [7, 11) is -0.921. The SMILES string of the molecule is COc1cc(-c2cc(OC)cc(C(C)(C)C)c2OP(Oc2ccc(C)cc2C)Oc2ccc(C)cc2C)c(OP(Oc2ccc(C)cc2C)Oc2ccc(C)cc2C)c(C(C)(C)C)c1. The Morgan fingerprint density at radius 3 is 0.828 bits per heavy atom. The first-order valence-corrected chi connectivity index (χ1v) is 23.7. The molecule has 0 N–H and O–H groups in total. The van der Waals surface area contributed by atoms with Crippen LogP contribution in [0.2, 0.25) is 0 Å². The summed E-state index contributed by atoms with van der Waals surface area (Å²) in [6, 6.07) is 32.3. The van der Waals surface area contributed by atoms with E-state index in [1.165, 1.54) is 0 Å². The Bertz CT molecular complexity index is 2340. The predicted octanol–water partition coefficient (Wildman–Crippen LogP) is 16.0. The third-order valence-electron chi connectivity index (χ3n) is 10.8. The standard InChI is InChI=1S/C54H64O8P2/c1-33-17-21-47(37(5)25-33)57-63(58-48-22-18-34(2)26-38(48)6)61-51-43(29-41(55-15)31-45(51)53(9,10)11)44-30-42(56-16)32-46(54(12,13)14)52(44)62-64(59-49-23-19-35(3)27-39(49)7)60-50-24-20-36(4)28-40(50)8/h17-32H,1-16H3. The van der Waals surface area contributed by atoms with Crippen LogP contribution in [0.15, 0.2) is 97.1 Å². The molecule has 0 unspecified atom stereocenters. The van der Waals surface area contributed by atoms with Crippen LogP contribution in [0.4, 0.5) is 0 Å². The van der Waals surface area contributed by atoms with Crippen LogP contribution in [0.5, 0.6) is 46.0 Å². The molecule has 0 spiro atoms. The Morgan fingerprint density at radius 1 is 0.344 bits per heavy atom. The van der Waals surface area contributed by atoms with Gasteiger partial charge < -0.3 is 36.6 Å². The average molecular weight is 903 g/mol. The van der Waals surface area contributed by atoms with Crippen molar-refractivity contribution >= 4 is 17.2 Å². The van der Waals surface area contributed by atoms with E-state index in [0.717, 1.165) is 55.6 Å². The zero-order valence-electron chi connectivity index (χ0n) is 40.4.